The van der Waals surface area contributed by atoms with E-state index in [1.54, 1.807) is 45.8 Å². The number of amides is 2. The quantitative estimate of drug-likeness (QED) is 0.722. The molecule has 7 heteroatoms. The molecule has 3 aromatic rings. The van der Waals surface area contributed by atoms with Gasteiger partial charge in [-0.05, 0) is 50.6 Å². The van der Waals surface area contributed by atoms with Crippen molar-refractivity contribution in [3.8, 4) is 0 Å². The van der Waals surface area contributed by atoms with Gasteiger partial charge in [-0.3, -0.25) is 14.0 Å². The SMILES string of the molecule is CCN(CC)C(=O)c1nc(C(=O)Nc2cccc(Cl)c2C)c2ccccn12. The van der Waals surface area contributed by atoms with Crippen LogP contribution >= 0.6 is 11.6 Å². The number of anilines is 1. The zero-order valence-corrected chi connectivity index (χ0v) is 16.2. The molecule has 1 N–H and O–H groups in total. The number of carbonyl (C=O) groups is 2. The molecule has 0 fully saturated rings. The monoisotopic (exact) mass is 384 g/mol. The number of halogens is 1. The van der Waals surface area contributed by atoms with Crippen LogP contribution in [0, 0.1) is 6.92 Å². The molecule has 0 aliphatic heterocycles. The maximum absolute atomic E-state index is 12.9. The van der Waals surface area contributed by atoms with Crippen molar-refractivity contribution >= 4 is 34.6 Å². The first-order valence-electron chi connectivity index (χ1n) is 8.80. The largest absolute Gasteiger partial charge is 0.337 e. The van der Waals surface area contributed by atoms with Gasteiger partial charge < -0.3 is 10.2 Å². The van der Waals surface area contributed by atoms with E-state index in [1.165, 1.54) is 0 Å². The van der Waals surface area contributed by atoms with Crippen LogP contribution in [-0.4, -0.2) is 39.2 Å². The third-order valence-corrected chi connectivity index (χ3v) is 4.93. The first-order valence-corrected chi connectivity index (χ1v) is 9.18. The average Bonchev–Trinajstić information content (AvgIpc) is 3.06. The highest BCUT2D eigenvalue weighted by molar-refractivity contribution is 6.31. The van der Waals surface area contributed by atoms with Crippen molar-refractivity contribution in [2.45, 2.75) is 20.8 Å². The Balaban J connectivity index is 2.03. The Kier molecular flexibility index (Phi) is 5.46. The van der Waals surface area contributed by atoms with Gasteiger partial charge >= 0.3 is 0 Å². The summed E-state index contributed by atoms with van der Waals surface area (Å²) < 4.78 is 1.65. The number of aromatic nitrogens is 2. The Morgan fingerprint density at radius 2 is 1.89 bits per heavy atom. The third-order valence-electron chi connectivity index (χ3n) is 4.52. The number of rotatable bonds is 5. The van der Waals surface area contributed by atoms with Crippen LogP contribution in [0.1, 0.15) is 40.5 Å². The molecule has 2 aromatic heterocycles. The van der Waals surface area contributed by atoms with Crippen LogP contribution in [0.4, 0.5) is 5.69 Å². The van der Waals surface area contributed by atoms with Crippen molar-refractivity contribution in [2.24, 2.45) is 0 Å². The van der Waals surface area contributed by atoms with E-state index in [2.05, 4.69) is 10.3 Å². The third kappa shape index (κ3) is 3.53. The molecule has 0 unspecified atom stereocenters. The lowest BCUT2D eigenvalue weighted by Gasteiger charge is -2.17. The van der Waals surface area contributed by atoms with E-state index in [0.29, 0.717) is 29.3 Å². The molecule has 0 aliphatic carbocycles. The number of benzene rings is 1. The molecule has 2 amide bonds. The predicted octanol–water partition coefficient (Wildman–Crippen LogP) is 4.03. The number of fused-ring (bicyclic) bond motifs is 1. The van der Waals surface area contributed by atoms with Gasteiger partial charge in [0, 0.05) is 30.0 Å². The molecule has 0 saturated heterocycles. The van der Waals surface area contributed by atoms with Gasteiger partial charge in [0.05, 0.1) is 5.52 Å². The molecule has 0 radical (unpaired) electrons. The van der Waals surface area contributed by atoms with Gasteiger partial charge in [0.15, 0.2) is 5.69 Å². The molecule has 27 heavy (non-hydrogen) atoms. The van der Waals surface area contributed by atoms with Crippen molar-refractivity contribution in [3.63, 3.8) is 0 Å². The smallest absolute Gasteiger partial charge is 0.290 e. The van der Waals surface area contributed by atoms with E-state index < -0.39 is 0 Å². The number of carbonyl (C=O) groups excluding carboxylic acids is 2. The lowest BCUT2D eigenvalue weighted by Crippen LogP contribution is -2.32. The number of hydrogen-bond donors (Lipinski definition) is 1. The summed E-state index contributed by atoms with van der Waals surface area (Å²) >= 11 is 6.13. The highest BCUT2D eigenvalue weighted by Crippen LogP contribution is 2.24. The van der Waals surface area contributed by atoms with Crippen molar-refractivity contribution in [3.05, 3.63) is 64.7 Å². The molecule has 0 aliphatic rings. The van der Waals surface area contributed by atoms with Gasteiger partial charge in [0.2, 0.25) is 5.82 Å². The lowest BCUT2D eigenvalue weighted by atomic mass is 10.2. The van der Waals surface area contributed by atoms with Gasteiger partial charge in [0.25, 0.3) is 11.8 Å². The summed E-state index contributed by atoms with van der Waals surface area (Å²) in [5.41, 5.74) is 2.16. The zero-order chi connectivity index (χ0) is 19.6. The van der Waals surface area contributed by atoms with Gasteiger partial charge in [0.1, 0.15) is 0 Å². The summed E-state index contributed by atoms with van der Waals surface area (Å²) in [6.07, 6.45) is 1.74. The Morgan fingerprint density at radius 1 is 1.15 bits per heavy atom. The molecule has 0 atom stereocenters. The van der Waals surface area contributed by atoms with Gasteiger partial charge in [-0.15, -0.1) is 0 Å². The van der Waals surface area contributed by atoms with Crippen molar-refractivity contribution in [1.82, 2.24) is 14.3 Å². The Morgan fingerprint density at radius 3 is 2.59 bits per heavy atom. The Hall–Kier alpha value is -2.86. The second-order valence-electron chi connectivity index (χ2n) is 6.08. The minimum absolute atomic E-state index is 0.200. The fraction of sp³-hybridized carbons (Fsp3) is 0.250. The molecule has 0 spiro atoms. The van der Waals surface area contributed by atoms with E-state index in [0.717, 1.165) is 5.56 Å². The maximum atomic E-state index is 12.9. The van der Waals surface area contributed by atoms with Crippen LogP contribution in [0.3, 0.4) is 0 Å². The summed E-state index contributed by atoms with van der Waals surface area (Å²) in [4.78, 5) is 31.7. The number of nitrogens with one attached hydrogen (secondary N) is 1. The van der Waals surface area contributed by atoms with Crippen LogP contribution in [0.5, 0.6) is 0 Å². The maximum Gasteiger partial charge on any atom is 0.290 e. The Bertz CT molecular complexity index is 1010. The summed E-state index contributed by atoms with van der Waals surface area (Å²) in [5.74, 6) is -0.371. The summed E-state index contributed by atoms with van der Waals surface area (Å²) in [5, 5.41) is 3.41. The first-order chi connectivity index (χ1) is 13.0. The number of nitrogens with zero attached hydrogens (tertiary/aromatic N) is 3. The lowest BCUT2D eigenvalue weighted by molar-refractivity contribution is 0.0760. The first kappa shape index (κ1) is 18.9. The molecule has 140 valence electrons. The van der Waals surface area contributed by atoms with E-state index in [1.807, 2.05) is 26.8 Å². The molecular weight excluding hydrogens is 364 g/mol. The molecule has 6 nitrogen and oxygen atoms in total. The fourth-order valence-corrected chi connectivity index (χ4v) is 3.11. The molecule has 2 heterocycles. The fourth-order valence-electron chi connectivity index (χ4n) is 2.93. The van der Waals surface area contributed by atoms with Gasteiger partial charge in [-0.2, -0.15) is 0 Å². The number of hydrogen-bond acceptors (Lipinski definition) is 3. The topological polar surface area (TPSA) is 66.7 Å². The van der Waals surface area contributed by atoms with E-state index in [4.69, 9.17) is 11.6 Å². The highest BCUT2D eigenvalue weighted by Gasteiger charge is 2.24. The van der Waals surface area contributed by atoms with E-state index >= 15 is 0 Å². The summed E-state index contributed by atoms with van der Waals surface area (Å²) in [6, 6.07) is 10.7. The van der Waals surface area contributed by atoms with Gasteiger partial charge in [-0.25, -0.2) is 4.98 Å². The van der Waals surface area contributed by atoms with Crippen molar-refractivity contribution < 1.29 is 9.59 Å². The average molecular weight is 385 g/mol. The normalized spacial score (nSPS) is 10.8. The van der Waals surface area contributed by atoms with E-state index in [-0.39, 0.29) is 23.3 Å². The van der Waals surface area contributed by atoms with Gasteiger partial charge in [-0.1, -0.05) is 23.7 Å². The van der Waals surface area contributed by atoms with E-state index in [9.17, 15) is 9.59 Å². The number of imidazole rings is 1. The van der Waals surface area contributed by atoms with Crippen LogP contribution in [0.25, 0.3) is 5.52 Å². The summed E-state index contributed by atoms with van der Waals surface area (Å²) in [6.45, 7) is 6.79. The second-order valence-corrected chi connectivity index (χ2v) is 6.49. The molecule has 1 aromatic carbocycles. The van der Waals surface area contributed by atoms with Crippen LogP contribution in [0.15, 0.2) is 42.6 Å². The molecular formula is C20H21ClN4O2. The van der Waals surface area contributed by atoms with Crippen LogP contribution in [0.2, 0.25) is 5.02 Å². The molecule has 3 rings (SSSR count). The van der Waals surface area contributed by atoms with Crippen LogP contribution in [-0.2, 0) is 0 Å². The van der Waals surface area contributed by atoms with Crippen LogP contribution < -0.4 is 5.32 Å². The minimum Gasteiger partial charge on any atom is -0.337 e. The van der Waals surface area contributed by atoms with Crippen molar-refractivity contribution in [1.29, 1.82) is 0 Å². The number of pyridine rings is 1. The predicted molar refractivity (Wildman–Crippen MR) is 107 cm³/mol. The Labute approximate surface area is 162 Å². The minimum atomic E-state index is -0.386. The molecule has 0 bridgehead atoms. The highest BCUT2D eigenvalue weighted by atomic mass is 35.5. The van der Waals surface area contributed by atoms with Crippen molar-refractivity contribution in [2.75, 3.05) is 18.4 Å². The standard InChI is InChI=1S/C20H21ClN4O2/c1-4-24(5-2)20(27)18-23-17(16-11-6-7-12-25(16)18)19(26)22-15-10-8-9-14(21)13(15)3/h6-12H,4-5H2,1-3H3,(H,22,26). The zero-order valence-electron chi connectivity index (χ0n) is 15.5. The second kappa shape index (κ2) is 7.80. The molecule has 0 saturated carbocycles. The summed E-state index contributed by atoms with van der Waals surface area (Å²) in [7, 11) is 0.